The Morgan fingerprint density at radius 1 is 1.27 bits per heavy atom. The van der Waals surface area contributed by atoms with Crippen molar-refractivity contribution in [1.29, 1.82) is 0 Å². The van der Waals surface area contributed by atoms with Crippen molar-refractivity contribution in [3.63, 3.8) is 0 Å². The third-order valence-corrected chi connectivity index (χ3v) is 4.67. The quantitative estimate of drug-likeness (QED) is 0.580. The van der Waals surface area contributed by atoms with E-state index in [1.165, 1.54) is 17.7 Å². The second kappa shape index (κ2) is 6.85. The van der Waals surface area contributed by atoms with Gasteiger partial charge < -0.3 is 10.3 Å². The van der Waals surface area contributed by atoms with Gasteiger partial charge in [0, 0.05) is 29.0 Å². The molecular formula is C18H13N5O2S. The van der Waals surface area contributed by atoms with E-state index in [1.54, 1.807) is 30.6 Å². The normalized spacial score (nSPS) is 10.8. The van der Waals surface area contributed by atoms with Gasteiger partial charge in [0.05, 0.1) is 29.3 Å². The van der Waals surface area contributed by atoms with Gasteiger partial charge in [0.1, 0.15) is 5.01 Å². The SMILES string of the molecule is O=C(Cc1csc(-c2cccnc2)n1)Nc1ccc2nc[nH]c(=O)c2c1. The zero-order valence-electron chi connectivity index (χ0n) is 13.5. The number of aromatic amines is 1. The average molecular weight is 363 g/mol. The number of hydrogen-bond acceptors (Lipinski definition) is 6. The van der Waals surface area contributed by atoms with Crippen molar-refractivity contribution >= 4 is 33.8 Å². The molecule has 0 unspecified atom stereocenters. The number of carbonyl (C=O) groups excluding carboxylic acids is 1. The monoisotopic (exact) mass is 363 g/mol. The number of amides is 1. The summed E-state index contributed by atoms with van der Waals surface area (Å²) < 4.78 is 0. The van der Waals surface area contributed by atoms with Gasteiger partial charge in [0.25, 0.3) is 5.56 Å². The van der Waals surface area contributed by atoms with E-state index in [-0.39, 0.29) is 17.9 Å². The van der Waals surface area contributed by atoms with E-state index in [0.717, 1.165) is 10.6 Å². The minimum Gasteiger partial charge on any atom is -0.326 e. The van der Waals surface area contributed by atoms with Crippen LogP contribution < -0.4 is 10.9 Å². The lowest BCUT2D eigenvalue weighted by molar-refractivity contribution is -0.115. The Hall–Kier alpha value is -3.39. The number of rotatable bonds is 4. The summed E-state index contributed by atoms with van der Waals surface area (Å²) in [6.45, 7) is 0. The Balaban J connectivity index is 1.48. The van der Waals surface area contributed by atoms with Gasteiger partial charge >= 0.3 is 0 Å². The fraction of sp³-hybridized carbons (Fsp3) is 0.0556. The van der Waals surface area contributed by atoms with Crippen molar-refractivity contribution in [2.45, 2.75) is 6.42 Å². The first kappa shape index (κ1) is 16.1. The molecule has 1 aromatic carbocycles. The van der Waals surface area contributed by atoms with Crippen molar-refractivity contribution in [1.82, 2.24) is 19.9 Å². The maximum atomic E-state index is 12.3. The van der Waals surface area contributed by atoms with Crippen molar-refractivity contribution in [2.24, 2.45) is 0 Å². The van der Waals surface area contributed by atoms with E-state index in [1.807, 2.05) is 17.5 Å². The molecule has 4 aromatic rings. The third kappa shape index (κ3) is 3.35. The first-order chi connectivity index (χ1) is 12.7. The predicted molar refractivity (Wildman–Crippen MR) is 100 cm³/mol. The number of fused-ring (bicyclic) bond motifs is 1. The van der Waals surface area contributed by atoms with Crippen LogP contribution in [0.5, 0.6) is 0 Å². The van der Waals surface area contributed by atoms with Crippen molar-refractivity contribution in [2.75, 3.05) is 5.32 Å². The Morgan fingerprint density at radius 3 is 3.04 bits per heavy atom. The molecule has 128 valence electrons. The summed E-state index contributed by atoms with van der Waals surface area (Å²) in [5.74, 6) is -0.201. The van der Waals surface area contributed by atoms with E-state index in [2.05, 4.69) is 25.3 Å². The van der Waals surface area contributed by atoms with Crippen LogP contribution in [-0.2, 0) is 11.2 Å². The molecule has 7 nitrogen and oxygen atoms in total. The van der Waals surface area contributed by atoms with Gasteiger partial charge in [-0.1, -0.05) is 0 Å². The molecule has 0 saturated heterocycles. The highest BCUT2D eigenvalue weighted by molar-refractivity contribution is 7.13. The topological polar surface area (TPSA) is 101 Å². The average Bonchev–Trinajstić information content (AvgIpc) is 3.11. The third-order valence-electron chi connectivity index (χ3n) is 3.73. The molecule has 4 rings (SSSR count). The zero-order valence-corrected chi connectivity index (χ0v) is 14.3. The highest BCUT2D eigenvalue weighted by Gasteiger charge is 2.10. The Labute approximate surface area is 151 Å². The van der Waals surface area contributed by atoms with Crippen LogP contribution in [0.15, 0.2) is 59.2 Å². The summed E-state index contributed by atoms with van der Waals surface area (Å²) in [7, 11) is 0. The van der Waals surface area contributed by atoms with Crippen LogP contribution in [0.4, 0.5) is 5.69 Å². The second-order valence-corrected chi connectivity index (χ2v) is 6.43. The van der Waals surface area contributed by atoms with E-state index in [0.29, 0.717) is 22.3 Å². The molecule has 3 heterocycles. The maximum absolute atomic E-state index is 12.3. The van der Waals surface area contributed by atoms with E-state index in [9.17, 15) is 9.59 Å². The first-order valence-electron chi connectivity index (χ1n) is 7.81. The summed E-state index contributed by atoms with van der Waals surface area (Å²) in [6, 6.07) is 8.80. The van der Waals surface area contributed by atoms with Gasteiger partial charge in [-0.3, -0.25) is 14.6 Å². The van der Waals surface area contributed by atoms with Crippen molar-refractivity contribution < 1.29 is 4.79 Å². The number of anilines is 1. The van der Waals surface area contributed by atoms with Crippen molar-refractivity contribution in [3.8, 4) is 10.6 Å². The Morgan fingerprint density at radius 2 is 2.19 bits per heavy atom. The van der Waals surface area contributed by atoms with E-state index < -0.39 is 0 Å². The largest absolute Gasteiger partial charge is 0.326 e. The molecule has 0 radical (unpaired) electrons. The summed E-state index contributed by atoms with van der Waals surface area (Å²) in [5, 5.41) is 5.90. The molecule has 3 aromatic heterocycles. The zero-order chi connectivity index (χ0) is 17.9. The van der Waals surface area contributed by atoms with Gasteiger partial charge in [-0.15, -0.1) is 11.3 Å². The lowest BCUT2D eigenvalue weighted by atomic mass is 10.2. The predicted octanol–water partition coefficient (Wildman–Crippen LogP) is 2.62. The molecule has 26 heavy (non-hydrogen) atoms. The number of hydrogen-bond donors (Lipinski definition) is 2. The minimum absolute atomic E-state index is 0.151. The van der Waals surface area contributed by atoms with E-state index in [4.69, 9.17) is 0 Å². The smallest absolute Gasteiger partial charge is 0.258 e. The van der Waals surface area contributed by atoms with Crippen LogP contribution in [0.1, 0.15) is 5.69 Å². The molecule has 2 N–H and O–H groups in total. The van der Waals surface area contributed by atoms with Gasteiger partial charge in [-0.05, 0) is 30.3 Å². The van der Waals surface area contributed by atoms with Crippen molar-refractivity contribution in [3.05, 3.63) is 70.5 Å². The number of H-pyrrole nitrogens is 1. The van der Waals surface area contributed by atoms with Crippen LogP contribution >= 0.6 is 11.3 Å². The summed E-state index contributed by atoms with van der Waals surface area (Å²) >= 11 is 1.47. The summed E-state index contributed by atoms with van der Waals surface area (Å²) in [5.41, 5.74) is 2.49. The molecule has 0 saturated carbocycles. The molecule has 0 aliphatic rings. The van der Waals surface area contributed by atoms with Crippen LogP contribution in [0.2, 0.25) is 0 Å². The standard InChI is InChI=1S/C18H13N5O2S/c24-16(7-13-9-26-18(23-13)11-2-1-5-19-8-11)22-12-3-4-15-14(6-12)17(25)21-10-20-15/h1-6,8-10H,7H2,(H,22,24)(H,20,21,25). The second-order valence-electron chi connectivity index (χ2n) is 5.57. The maximum Gasteiger partial charge on any atom is 0.258 e. The molecule has 0 atom stereocenters. The molecule has 1 amide bonds. The molecule has 0 fully saturated rings. The lowest BCUT2D eigenvalue weighted by Gasteiger charge is -2.05. The number of carbonyl (C=O) groups is 1. The van der Waals surface area contributed by atoms with Crippen LogP contribution in [-0.4, -0.2) is 25.8 Å². The molecule has 0 spiro atoms. The number of aromatic nitrogens is 4. The summed E-state index contributed by atoms with van der Waals surface area (Å²) in [4.78, 5) is 39.3. The highest BCUT2D eigenvalue weighted by Crippen LogP contribution is 2.23. The minimum atomic E-state index is -0.244. The number of nitrogens with one attached hydrogen (secondary N) is 2. The lowest BCUT2D eigenvalue weighted by Crippen LogP contribution is -2.15. The number of pyridine rings is 1. The van der Waals surface area contributed by atoms with Gasteiger partial charge in [0.15, 0.2) is 0 Å². The summed E-state index contributed by atoms with van der Waals surface area (Å²) in [6.07, 6.45) is 4.95. The molecule has 8 heteroatoms. The van der Waals surface area contributed by atoms with Crippen LogP contribution in [0, 0.1) is 0 Å². The number of thiazole rings is 1. The van der Waals surface area contributed by atoms with Crippen LogP contribution in [0.3, 0.4) is 0 Å². The van der Waals surface area contributed by atoms with Gasteiger partial charge in [-0.2, -0.15) is 0 Å². The fourth-order valence-electron chi connectivity index (χ4n) is 2.53. The molecular weight excluding hydrogens is 350 g/mol. The fourth-order valence-corrected chi connectivity index (χ4v) is 3.34. The molecule has 0 bridgehead atoms. The number of benzene rings is 1. The highest BCUT2D eigenvalue weighted by atomic mass is 32.1. The Kier molecular flexibility index (Phi) is 4.24. The molecule has 0 aliphatic carbocycles. The first-order valence-corrected chi connectivity index (χ1v) is 8.69. The Bertz CT molecular complexity index is 1140. The van der Waals surface area contributed by atoms with Gasteiger partial charge in [-0.25, -0.2) is 9.97 Å². The van der Waals surface area contributed by atoms with Gasteiger partial charge in [0.2, 0.25) is 5.91 Å². The molecule has 0 aliphatic heterocycles. The number of nitrogens with zero attached hydrogens (tertiary/aromatic N) is 3. The van der Waals surface area contributed by atoms with Crippen LogP contribution in [0.25, 0.3) is 21.5 Å². The van der Waals surface area contributed by atoms with E-state index >= 15 is 0 Å².